The van der Waals surface area contributed by atoms with Gasteiger partial charge in [0.1, 0.15) is 18.9 Å². The molecule has 0 aliphatic carbocycles. The highest BCUT2D eigenvalue weighted by Gasteiger charge is 2.10. The normalized spacial score (nSPS) is 10.3. The van der Waals surface area contributed by atoms with E-state index in [1.54, 1.807) is 24.4 Å². The number of anilines is 1. The van der Waals surface area contributed by atoms with Gasteiger partial charge in [0.15, 0.2) is 0 Å². The molecule has 0 aliphatic rings. The molecule has 132 valence electrons. The zero-order valence-corrected chi connectivity index (χ0v) is 14.5. The highest BCUT2D eigenvalue weighted by Crippen LogP contribution is 2.26. The predicted octanol–water partition coefficient (Wildman–Crippen LogP) is 3.37. The molecule has 0 radical (unpaired) electrons. The SMILES string of the molecule is Cc1ccc(NC(=O)Cn2ccccc2=O)c(OCc2ccccc2)c1. The molecule has 0 fully saturated rings. The van der Waals surface area contributed by atoms with Crippen molar-refractivity contribution in [2.45, 2.75) is 20.1 Å². The molecule has 3 aromatic rings. The smallest absolute Gasteiger partial charge is 0.250 e. The molecule has 2 aromatic carbocycles. The van der Waals surface area contributed by atoms with Gasteiger partial charge in [-0.15, -0.1) is 0 Å². The third-order valence-corrected chi connectivity index (χ3v) is 3.86. The molecule has 1 amide bonds. The highest BCUT2D eigenvalue weighted by atomic mass is 16.5. The van der Waals surface area contributed by atoms with E-state index in [0.717, 1.165) is 11.1 Å². The number of aromatic nitrogens is 1. The van der Waals surface area contributed by atoms with E-state index in [1.807, 2.05) is 49.4 Å². The fourth-order valence-corrected chi connectivity index (χ4v) is 2.52. The molecule has 0 aliphatic heterocycles. The van der Waals surface area contributed by atoms with Crippen molar-refractivity contribution in [3.05, 3.63) is 94.4 Å². The number of hydrogen-bond acceptors (Lipinski definition) is 3. The van der Waals surface area contributed by atoms with E-state index in [2.05, 4.69) is 5.32 Å². The Hall–Kier alpha value is -3.34. The first-order valence-electron chi connectivity index (χ1n) is 8.34. The topological polar surface area (TPSA) is 60.3 Å². The number of rotatable bonds is 6. The number of aryl methyl sites for hydroxylation is 1. The number of carbonyl (C=O) groups excluding carboxylic acids is 1. The summed E-state index contributed by atoms with van der Waals surface area (Å²) in [6.45, 7) is 2.32. The molecule has 1 aromatic heterocycles. The Labute approximate surface area is 151 Å². The Morgan fingerprint density at radius 2 is 1.81 bits per heavy atom. The largest absolute Gasteiger partial charge is 0.487 e. The van der Waals surface area contributed by atoms with E-state index < -0.39 is 0 Å². The molecule has 0 bridgehead atoms. The maximum Gasteiger partial charge on any atom is 0.250 e. The van der Waals surface area contributed by atoms with Gasteiger partial charge in [0.25, 0.3) is 5.56 Å². The van der Waals surface area contributed by atoms with Crippen LogP contribution in [-0.4, -0.2) is 10.5 Å². The van der Waals surface area contributed by atoms with Gasteiger partial charge in [0.05, 0.1) is 5.69 Å². The fraction of sp³-hybridized carbons (Fsp3) is 0.143. The molecular formula is C21H20N2O3. The quantitative estimate of drug-likeness (QED) is 0.743. The van der Waals surface area contributed by atoms with Crippen molar-refractivity contribution in [3.8, 4) is 5.75 Å². The molecule has 0 atom stereocenters. The van der Waals surface area contributed by atoms with Crippen molar-refractivity contribution in [1.29, 1.82) is 0 Å². The minimum atomic E-state index is -0.285. The van der Waals surface area contributed by atoms with Crippen molar-refractivity contribution in [2.24, 2.45) is 0 Å². The van der Waals surface area contributed by atoms with Crippen LogP contribution in [0.3, 0.4) is 0 Å². The summed E-state index contributed by atoms with van der Waals surface area (Å²) in [5, 5.41) is 2.83. The van der Waals surface area contributed by atoms with E-state index in [0.29, 0.717) is 18.0 Å². The van der Waals surface area contributed by atoms with Gasteiger partial charge < -0.3 is 14.6 Å². The lowest BCUT2D eigenvalue weighted by atomic mass is 10.2. The van der Waals surface area contributed by atoms with Crippen LogP contribution in [0.15, 0.2) is 77.7 Å². The first-order chi connectivity index (χ1) is 12.6. The minimum Gasteiger partial charge on any atom is -0.487 e. The van der Waals surface area contributed by atoms with Crippen LogP contribution in [0.4, 0.5) is 5.69 Å². The Morgan fingerprint density at radius 3 is 2.58 bits per heavy atom. The summed E-state index contributed by atoms with van der Waals surface area (Å²) in [7, 11) is 0. The Kier molecular flexibility index (Phi) is 5.49. The summed E-state index contributed by atoms with van der Waals surface area (Å²) in [4.78, 5) is 24.1. The second-order valence-electron chi connectivity index (χ2n) is 5.99. The van der Waals surface area contributed by atoms with E-state index in [1.165, 1.54) is 10.6 Å². The van der Waals surface area contributed by atoms with Gasteiger partial charge in [-0.05, 0) is 36.2 Å². The fourth-order valence-electron chi connectivity index (χ4n) is 2.52. The number of ether oxygens (including phenoxy) is 1. The Morgan fingerprint density at radius 1 is 1.04 bits per heavy atom. The van der Waals surface area contributed by atoms with Crippen LogP contribution in [0.2, 0.25) is 0 Å². The summed E-state index contributed by atoms with van der Waals surface area (Å²) < 4.78 is 7.25. The molecule has 0 saturated carbocycles. The Balaban J connectivity index is 1.72. The van der Waals surface area contributed by atoms with Gasteiger partial charge in [-0.3, -0.25) is 9.59 Å². The molecular weight excluding hydrogens is 328 g/mol. The van der Waals surface area contributed by atoms with Gasteiger partial charge in [0, 0.05) is 12.3 Å². The number of pyridine rings is 1. The molecule has 5 heteroatoms. The number of nitrogens with one attached hydrogen (secondary N) is 1. The standard InChI is InChI=1S/C21H20N2O3/c1-16-10-11-18(19(13-16)26-15-17-7-3-2-4-8-17)22-20(24)14-23-12-6-5-9-21(23)25/h2-13H,14-15H2,1H3,(H,22,24). The van der Waals surface area contributed by atoms with Crippen molar-refractivity contribution in [2.75, 3.05) is 5.32 Å². The van der Waals surface area contributed by atoms with Gasteiger partial charge in [-0.2, -0.15) is 0 Å². The number of carbonyl (C=O) groups is 1. The van der Waals surface area contributed by atoms with Crippen LogP contribution in [0.5, 0.6) is 5.75 Å². The van der Waals surface area contributed by atoms with Crippen molar-refractivity contribution in [1.82, 2.24) is 4.57 Å². The first kappa shape index (κ1) is 17.5. The van der Waals surface area contributed by atoms with E-state index >= 15 is 0 Å². The van der Waals surface area contributed by atoms with Gasteiger partial charge >= 0.3 is 0 Å². The Bertz CT molecular complexity index is 949. The number of nitrogens with zero attached hydrogens (tertiary/aromatic N) is 1. The highest BCUT2D eigenvalue weighted by molar-refractivity contribution is 5.92. The zero-order valence-electron chi connectivity index (χ0n) is 14.5. The number of amides is 1. The zero-order chi connectivity index (χ0) is 18.4. The molecule has 26 heavy (non-hydrogen) atoms. The summed E-state index contributed by atoms with van der Waals surface area (Å²) in [5.74, 6) is 0.314. The van der Waals surface area contributed by atoms with Crippen LogP contribution in [0, 0.1) is 6.92 Å². The second kappa shape index (κ2) is 8.16. The molecule has 0 saturated heterocycles. The summed E-state index contributed by atoms with van der Waals surface area (Å²) in [6, 6.07) is 20.2. The summed E-state index contributed by atoms with van der Waals surface area (Å²) >= 11 is 0. The van der Waals surface area contributed by atoms with Crippen LogP contribution in [0.25, 0.3) is 0 Å². The average molecular weight is 348 g/mol. The van der Waals surface area contributed by atoms with Crippen molar-refractivity contribution >= 4 is 11.6 Å². The van der Waals surface area contributed by atoms with Crippen molar-refractivity contribution in [3.63, 3.8) is 0 Å². The van der Waals surface area contributed by atoms with Crippen LogP contribution < -0.4 is 15.6 Å². The molecule has 3 rings (SSSR count). The first-order valence-corrected chi connectivity index (χ1v) is 8.34. The lowest BCUT2D eigenvalue weighted by Gasteiger charge is -2.14. The summed E-state index contributed by atoms with van der Waals surface area (Å²) in [5.41, 5.74) is 2.44. The van der Waals surface area contributed by atoms with Gasteiger partial charge in [-0.1, -0.05) is 42.5 Å². The van der Waals surface area contributed by atoms with Crippen LogP contribution in [-0.2, 0) is 17.9 Å². The molecule has 5 nitrogen and oxygen atoms in total. The van der Waals surface area contributed by atoms with Gasteiger partial charge in [-0.25, -0.2) is 0 Å². The molecule has 1 N–H and O–H groups in total. The van der Waals surface area contributed by atoms with Crippen molar-refractivity contribution < 1.29 is 9.53 Å². The summed E-state index contributed by atoms with van der Waals surface area (Å²) in [6.07, 6.45) is 1.59. The third-order valence-electron chi connectivity index (χ3n) is 3.86. The number of hydrogen-bond donors (Lipinski definition) is 1. The molecule has 0 unspecified atom stereocenters. The lowest BCUT2D eigenvalue weighted by molar-refractivity contribution is -0.116. The number of benzene rings is 2. The minimum absolute atomic E-state index is 0.0499. The molecule has 0 spiro atoms. The maximum absolute atomic E-state index is 12.3. The second-order valence-corrected chi connectivity index (χ2v) is 5.99. The van der Waals surface area contributed by atoms with Gasteiger partial charge in [0.2, 0.25) is 5.91 Å². The monoisotopic (exact) mass is 348 g/mol. The third kappa shape index (κ3) is 4.60. The average Bonchev–Trinajstić information content (AvgIpc) is 2.64. The predicted molar refractivity (Wildman–Crippen MR) is 101 cm³/mol. The van der Waals surface area contributed by atoms with E-state index in [4.69, 9.17) is 4.74 Å². The lowest BCUT2D eigenvalue weighted by Crippen LogP contribution is -2.26. The van der Waals surface area contributed by atoms with Crippen LogP contribution >= 0.6 is 0 Å². The molecule has 1 heterocycles. The van der Waals surface area contributed by atoms with E-state index in [-0.39, 0.29) is 18.0 Å². The van der Waals surface area contributed by atoms with Crippen LogP contribution in [0.1, 0.15) is 11.1 Å². The van der Waals surface area contributed by atoms with E-state index in [9.17, 15) is 9.59 Å². The maximum atomic E-state index is 12.3.